The second-order valence-corrected chi connectivity index (χ2v) is 8.98. The number of piperazine rings is 1. The smallest absolute Gasteiger partial charge is 0.278 e. The second-order valence-electron chi connectivity index (χ2n) is 8.98. The number of benzene rings is 1. The summed E-state index contributed by atoms with van der Waals surface area (Å²) in [6, 6.07) is 13.5. The first-order valence-electron chi connectivity index (χ1n) is 12.0. The fourth-order valence-corrected chi connectivity index (χ4v) is 4.35. The number of pyridine rings is 1. The molecule has 0 radical (unpaired) electrons. The Morgan fingerprint density at radius 2 is 1.86 bits per heavy atom. The van der Waals surface area contributed by atoms with Gasteiger partial charge in [-0.3, -0.25) is 4.79 Å². The third kappa shape index (κ3) is 4.60. The van der Waals surface area contributed by atoms with Crippen LogP contribution in [0.2, 0.25) is 0 Å². The van der Waals surface area contributed by atoms with Crippen LogP contribution in [0.5, 0.6) is 0 Å². The summed E-state index contributed by atoms with van der Waals surface area (Å²) in [5, 5.41) is 13.6. The highest BCUT2D eigenvalue weighted by Gasteiger charge is 2.19. The van der Waals surface area contributed by atoms with E-state index < -0.39 is 6.10 Å². The fraction of sp³-hybridized carbons (Fsp3) is 0.308. The highest BCUT2D eigenvalue weighted by molar-refractivity contribution is 5.77. The van der Waals surface area contributed by atoms with Gasteiger partial charge in [-0.25, -0.2) is 19.3 Å². The van der Waals surface area contributed by atoms with Gasteiger partial charge in [-0.1, -0.05) is 12.1 Å². The van der Waals surface area contributed by atoms with E-state index in [-0.39, 0.29) is 12.1 Å². The number of rotatable bonds is 7. The van der Waals surface area contributed by atoms with Gasteiger partial charge >= 0.3 is 0 Å². The first-order chi connectivity index (χ1) is 17.4. The number of nitrogens with zero attached hydrogens (tertiary/aromatic N) is 7. The number of aliphatic hydroxyl groups excluding tert-OH is 1. The van der Waals surface area contributed by atoms with E-state index in [1.807, 2.05) is 12.1 Å². The molecule has 36 heavy (non-hydrogen) atoms. The summed E-state index contributed by atoms with van der Waals surface area (Å²) in [4.78, 5) is 31.4. The Kier molecular flexibility index (Phi) is 6.53. The van der Waals surface area contributed by atoms with E-state index in [0.29, 0.717) is 28.5 Å². The highest BCUT2D eigenvalue weighted by Crippen LogP contribution is 2.22. The van der Waals surface area contributed by atoms with Crippen LogP contribution in [0.1, 0.15) is 18.7 Å². The Labute approximate surface area is 209 Å². The molecule has 0 saturated carbocycles. The number of nitrogens with one attached hydrogen (secondary N) is 1. The minimum Gasteiger partial charge on any atom is -0.387 e. The van der Waals surface area contributed by atoms with E-state index in [2.05, 4.69) is 55.8 Å². The van der Waals surface area contributed by atoms with Crippen molar-refractivity contribution < 1.29 is 5.11 Å². The zero-order valence-electron chi connectivity index (χ0n) is 20.5. The van der Waals surface area contributed by atoms with Crippen molar-refractivity contribution >= 4 is 28.4 Å². The number of likely N-dealkylation sites (N-methyl/N-ethyl adjacent to an activating group) is 1. The van der Waals surface area contributed by atoms with Gasteiger partial charge in [-0.05, 0) is 50.4 Å². The van der Waals surface area contributed by atoms with E-state index in [4.69, 9.17) is 0 Å². The lowest BCUT2D eigenvalue weighted by Crippen LogP contribution is -2.44. The zero-order valence-corrected chi connectivity index (χ0v) is 20.5. The third-order valence-corrected chi connectivity index (χ3v) is 6.37. The molecule has 3 aromatic heterocycles. The van der Waals surface area contributed by atoms with Gasteiger partial charge in [0.1, 0.15) is 5.39 Å². The number of aromatic nitrogens is 5. The molecule has 1 fully saturated rings. The van der Waals surface area contributed by atoms with Crippen LogP contribution in [0.4, 0.5) is 17.3 Å². The van der Waals surface area contributed by atoms with Gasteiger partial charge < -0.3 is 20.2 Å². The SMILES string of the molecule is C=CCn1c(=O)c2cnc(Nc3ccc(N4CCN(C)CC4)cc3)nc2n1-c1cccc([C@@H](C)O)n1. The molecule has 10 heteroatoms. The summed E-state index contributed by atoms with van der Waals surface area (Å²) in [5.41, 5.74) is 2.71. The molecule has 0 aliphatic carbocycles. The fourth-order valence-electron chi connectivity index (χ4n) is 4.35. The number of aliphatic hydroxyl groups is 1. The number of allylic oxidation sites excluding steroid dienone is 1. The average molecular weight is 487 g/mol. The van der Waals surface area contributed by atoms with Crippen LogP contribution in [0.15, 0.2) is 66.1 Å². The molecular formula is C26H30N8O2. The summed E-state index contributed by atoms with van der Waals surface area (Å²) >= 11 is 0. The van der Waals surface area contributed by atoms with Crippen molar-refractivity contribution in [1.82, 2.24) is 29.2 Å². The van der Waals surface area contributed by atoms with Crippen LogP contribution in [0.25, 0.3) is 16.9 Å². The maximum atomic E-state index is 13.1. The van der Waals surface area contributed by atoms with Gasteiger partial charge in [-0.15, -0.1) is 6.58 Å². The van der Waals surface area contributed by atoms with Crippen LogP contribution < -0.4 is 15.8 Å². The Morgan fingerprint density at radius 3 is 2.56 bits per heavy atom. The molecule has 0 unspecified atom stereocenters. The first kappa shape index (κ1) is 23.7. The van der Waals surface area contributed by atoms with Crippen molar-refractivity contribution in [3.8, 4) is 5.82 Å². The normalized spacial score (nSPS) is 15.2. The van der Waals surface area contributed by atoms with Crippen molar-refractivity contribution in [3.05, 3.63) is 77.4 Å². The Morgan fingerprint density at radius 1 is 1.11 bits per heavy atom. The summed E-state index contributed by atoms with van der Waals surface area (Å²) in [5.74, 6) is 0.842. The molecule has 186 valence electrons. The molecule has 0 spiro atoms. The average Bonchev–Trinajstić information content (AvgIpc) is 3.16. The Balaban J connectivity index is 1.49. The monoisotopic (exact) mass is 486 g/mol. The molecule has 1 aromatic carbocycles. The molecule has 5 rings (SSSR count). The molecular weight excluding hydrogens is 456 g/mol. The van der Waals surface area contributed by atoms with Gasteiger partial charge in [0.2, 0.25) is 5.95 Å². The number of fused-ring (bicyclic) bond motifs is 1. The van der Waals surface area contributed by atoms with Crippen LogP contribution in [0.3, 0.4) is 0 Å². The van der Waals surface area contributed by atoms with Crippen LogP contribution in [-0.4, -0.2) is 67.5 Å². The van der Waals surface area contributed by atoms with Gasteiger partial charge in [0, 0.05) is 43.8 Å². The van der Waals surface area contributed by atoms with Crippen LogP contribution in [0, 0.1) is 0 Å². The van der Waals surface area contributed by atoms with Crippen molar-refractivity contribution in [1.29, 1.82) is 0 Å². The Bertz CT molecular complexity index is 1430. The van der Waals surface area contributed by atoms with E-state index in [0.717, 1.165) is 31.9 Å². The van der Waals surface area contributed by atoms with E-state index in [1.165, 1.54) is 16.6 Å². The standard InChI is InChI=1S/C26H30N8O2/c1-4-12-33-25(36)21-17-27-26(30-24(21)34(33)23-7-5-6-22(29-23)18(2)35)28-19-8-10-20(11-9-19)32-15-13-31(3)14-16-32/h4-11,17-18,35H,1,12-16H2,2-3H3,(H,27,28,30)/t18-/m1/s1. The molecule has 1 saturated heterocycles. The molecule has 2 N–H and O–H groups in total. The molecule has 1 atom stereocenters. The largest absolute Gasteiger partial charge is 0.387 e. The van der Waals surface area contributed by atoms with Crippen LogP contribution >= 0.6 is 0 Å². The van der Waals surface area contributed by atoms with Crippen LogP contribution in [-0.2, 0) is 6.54 Å². The summed E-state index contributed by atoms with van der Waals surface area (Å²) in [6.07, 6.45) is 2.43. The predicted molar refractivity (Wildman–Crippen MR) is 141 cm³/mol. The minimum absolute atomic E-state index is 0.239. The number of hydrogen-bond acceptors (Lipinski definition) is 8. The summed E-state index contributed by atoms with van der Waals surface area (Å²) < 4.78 is 3.16. The number of anilines is 3. The van der Waals surface area contributed by atoms with Gasteiger partial charge in [0.15, 0.2) is 11.5 Å². The van der Waals surface area contributed by atoms with Crippen molar-refractivity contribution in [2.75, 3.05) is 43.4 Å². The van der Waals surface area contributed by atoms with E-state index >= 15 is 0 Å². The lowest BCUT2D eigenvalue weighted by atomic mass is 10.2. The van der Waals surface area contributed by atoms with E-state index in [9.17, 15) is 9.90 Å². The van der Waals surface area contributed by atoms with Crippen molar-refractivity contribution in [2.24, 2.45) is 0 Å². The third-order valence-electron chi connectivity index (χ3n) is 6.37. The summed E-state index contributed by atoms with van der Waals surface area (Å²) in [6.45, 7) is 9.81. The lowest BCUT2D eigenvalue weighted by molar-refractivity contribution is 0.194. The molecule has 10 nitrogen and oxygen atoms in total. The molecule has 1 aliphatic rings. The van der Waals surface area contributed by atoms with Gasteiger partial charge in [-0.2, -0.15) is 4.98 Å². The molecule has 1 aliphatic heterocycles. The topological polar surface area (TPSA) is 104 Å². The maximum absolute atomic E-state index is 13.1. The summed E-state index contributed by atoms with van der Waals surface area (Å²) in [7, 11) is 2.15. The molecule has 4 aromatic rings. The highest BCUT2D eigenvalue weighted by atomic mass is 16.3. The van der Waals surface area contributed by atoms with E-state index in [1.54, 1.807) is 35.9 Å². The minimum atomic E-state index is -0.743. The Hall–Kier alpha value is -4.02. The molecule has 4 heterocycles. The number of hydrogen-bond donors (Lipinski definition) is 2. The zero-order chi connectivity index (χ0) is 25.2. The second kappa shape index (κ2) is 9.92. The molecule has 0 bridgehead atoms. The maximum Gasteiger partial charge on any atom is 0.278 e. The first-order valence-corrected chi connectivity index (χ1v) is 12.0. The predicted octanol–water partition coefficient (Wildman–Crippen LogP) is 2.71. The van der Waals surface area contributed by atoms with Gasteiger partial charge in [0.05, 0.1) is 18.3 Å². The van der Waals surface area contributed by atoms with Gasteiger partial charge in [0.25, 0.3) is 5.56 Å². The van der Waals surface area contributed by atoms with Crippen molar-refractivity contribution in [3.63, 3.8) is 0 Å². The van der Waals surface area contributed by atoms with Crippen molar-refractivity contribution in [2.45, 2.75) is 19.6 Å². The lowest BCUT2D eigenvalue weighted by Gasteiger charge is -2.34. The quantitative estimate of drug-likeness (QED) is 0.384. The molecule has 0 amide bonds.